The van der Waals surface area contributed by atoms with E-state index in [4.69, 9.17) is 0 Å². The van der Waals surface area contributed by atoms with E-state index in [1.54, 1.807) is 13.8 Å². The van der Waals surface area contributed by atoms with Crippen LogP contribution in [-0.2, 0) is 21.0 Å². The van der Waals surface area contributed by atoms with Crippen molar-refractivity contribution in [3.63, 3.8) is 0 Å². The molecule has 0 bridgehead atoms. The Balaban J connectivity index is 1.91. The fourth-order valence-electron chi connectivity index (χ4n) is 3.13. The number of sulfonamides is 1. The fourth-order valence-corrected chi connectivity index (χ4v) is 4.95. The highest BCUT2D eigenvalue weighted by atomic mass is 32.2. The maximum Gasteiger partial charge on any atom is 0.453 e. The van der Waals surface area contributed by atoms with Crippen LogP contribution in [0, 0.1) is 12.8 Å². The van der Waals surface area contributed by atoms with E-state index in [0.717, 1.165) is 8.82 Å². The lowest BCUT2D eigenvalue weighted by Crippen LogP contribution is -2.48. The van der Waals surface area contributed by atoms with E-state index in [0.29, 0.717) is 6.42 Å². The minimum Gasteiger partial charge on any atom is -0.309 e. The molecule has 1 atom stereocenters. The number of alkyl halides is 3. The Morgan fingerprint density at radius 2 is 1.96 bits per heavy atom. The van der Waals surface area contributed by atoms with Crippen molar-refractivity contribution < 1.29 is 26.4 Å². The Labute approximate surface area is 159 Å². The monoisotopic (exact) mass is 420 g/mol. The molecule has 9 nitrogen and oxygen atoms in total. The van der Waals surface area contributed by atoms with Gasteiger partial charge in [0.25, 0.3) is 11.6 Å². The average molecular weight is 420 g/mol. The number of halogens is 3. The fraction of sp³-hybridized carbons (Fsp3) is 0.600. The number of nitrogens with zero attached hydrogens (tertiary/aromatic N) is 5. The van der Waals surface area contributed by atoms with E-state index in [1.807, 2.05) is 0 Å². The molecule has 3 rings (SSSR count). The third-order valence-corrected chi connectivity index (χ3v) is 6.27. The van der Waals surface area contributed by atoms with Crippen molar-refractivity contribution in [2.24, 2.45) is 5.92 Å². The molecule has 1 fully saturated rings. The third kappa shape index (κ3) is 3.81. The third-order valence-electron chi connectivity index (χ3n) is 4.34. The zero-order chi connectivity index (χ0) is 20.9. The molecule has 0 spiro atoms. The summed E-state index contributed by atoms with van der Waals surface area (Å²) in [6, 6.07) is 0.393. The minimum atomic E-state index is -4.73. The Kier molecular flexibility index (Phi) is 5.08. The van der Waals surface area contributed by atoms with Crippen LogP contribution in [0.1, 0.15) is 31.8 Å². The van der Waals surface area contributed by atoms with Crippen LogP contribution in [0.4, 0.5) is 19.0 Å². The normalized spacial score (nSPS) is 18.7. The highest BCUT2D eigenvalue weighted by molar-refractivity contribution is 7.89. The number of fused-ring (bicyclic) bond motifs is 1. The molecule has 2 aromatic heterocycles. The number of aromatic nitrogens is 4. The molecule has 1 unspecified atom stereocenters. The summed E-state index contributed by atoms with van der Waals surface area (Å²) in [5.74, 6) is -2.63. The number of rotatable bonds is 4. The summed E-state index contributed by atoms with van der Waals surface area (Å²) >= 11 is 0. The highest BCUT2D eigenvalue weighted by Crippen LogP contribution is 2.27. The van der Waals surface area contributed by atoms with E-state index in [9.17, 15) is 26.4 Å². The molecule has 13 heteroatoms. The van der Waals surface area contributed by atoms with Crippen molar-refractivity contribution in [1.82, 2.24) is 23.9 Å². The predicted octanol–water partition coefficient (Wildman–Crippen LogP) is 1.45. The van der Waals surface area contributed by atoms with Crippen LogP contribution in [0.5, 0.6) is 0 Å². The first-order valence-electron chi connectivity index (χ1n) is 8.52. The van der Waals surface area contributed by atoms with Crippen LogP contribution in [0.15, 0.2) is 6.07 Å². The maximum absolute atomic E-state index is 12.8. The van der Waals surface area contributed by atoms with Gasteiger partial charge in [0.15, 0.2) is 0 Å². The summed E-state index contributed by atoms with van der Waals surface area (Å²) in [5, 5.41) is 5.87. The van der Waals surface area contributed by atoms with Crippen LogP contribution < -0.4 is 5.32 Å². The molecular weight excluding hydrogens is 401 g/mol. The zero-order valence-electron chi connectivity index (χ0n) is 15.4. The van der Waals surface area contributed by atoms with Crippen LogP contribution in [0.3, 0.4) is 0 Å². The van der Waals surface area contributed by atoms with Crippen LogP contribution in [0.2, 0.25) is 0 Å². The number of nitrogens with one attached hydrogen (secondary N) is 1. The van der Waals surface area contributed by atoms with E-state index in [-0.39, 0.29) is 35.5 Å². The number of hydrogen-bond donors (Lipinski definition) is 1. The van der Waals surface area contributed by atoms with E-state index in [1.165, 1.54) is 13.0 Å². The lowest BCUT2D eigenvalue weighted by molar-refractivity contribution is -0.144. The van der Waals surface area contributed by atoms with Gasteiger partial charge in [0, 0.05) is 18.3 Å². The Morgan fingerprint density at radius 3 is 2.50 bits per heavy atom. The molecule has 154 valence electrons. The number of carbonyl (C=O) groups is 1. The molecule has 0 saturated carbocycles. The molecule has 0 aromatic carbocycles. The Hall–Kier alpha value is -2.28. The second-order valence-corrected chi connectivity index (χ2v) is 8.93. The number of amides is 1. The van der Waals surface area contributed by atoms with Gasteiger partial charge in [-0.15, -0.1) is 5.10 Å². The lowest BCUT2D eigenvalue weighted by atomic mass is 10.0. The molecule has 2 aromatic rings. The van der Waals surface area contributed by atoms with Gasteiger partial charge in [-0.2, -0.15) is 27.4 Å². The van der Waals surface area contributed by atoms with Gasteiger partial charge >= 0.3 is 6.18 Å². The van der Waals surface area contributed by atoms with Gasteiger partial charge in [-0.1, -0.05) is 13.8 Å². The summed E-state index contributed by atoms with van der Waals surface area (Å²) in [5.41, 5.74) is 0.276. The number of aryl methyl sites for hydroxylation is 1. The smallest absolute Gasteiger partial charge is 0.309 e. The first-order valence-corrected chi connectivity index (χ1v) is 10.1. The van der Waals surface area contributed by atoms with Crippen LogP contribution in [-0.4, -0.2) is 56.6 Å². The van der Waals surface area contributed by atoms with Crippen molar-refractivity contribution in [3.05, 3.63) is 17.6 Å². The maximum atomic E-state index is 12.8. The summed E-state index contributed by atoms with van der Waals surface area (Å²) in [7, 11) is -3.52. The van der Waals surface area contributed by atoms with Gasteiger partial charge in [-0.05, 0) is 19.3 Å². The van der Waals surface area contributed by atoms with E-state index < -0.39 is 34.0 Å². The van der Waals surface area contributed by atoms with Crippen LogP contribution >= 0.6 is 0 Å². The van der Waals surface area contributed by atoms with Crippen LogP contribution in [0.25, 0.3) is 5.78 Å². The van der Waals surface area contributed by atoms with Gasteiger partial charge in [0.2, 0.25) is 15.9 Å². The molecule has 1 aliphatic heterocycles. The van der Waals surface area contributed by atoms with Crippen molar-refractivity contribution in [3.8, 4) is 0 Å². The number of anilines is 1. The molecule has 28 heavy (non-hydrogen) atoms. The molecule has 0 radical (unpaired) electrons. The van der Waals surface area contributed by atoms with Gasteiger partial charge < -0.3 is 5.32 Å². The number of hydrogen-bond acceptors (Lipinski definition) is 6. The van der Waals surface area contributed by atoms with Gasteiger partial charge in [0.1, 0.15) is 11.9 Å². The molecule has 3 heterocycles. The first-order chi connectivity index (χ1) is 12.9. The standard InChI is InChI=1S/C15H19F3N6O3S/c1-8(2)11(23-5-4-6-28(23,26)27)12(25)19-10-7-9(3)24-14(20-10)21-13(22-24)15(16,17)18/h7-8,11H,4-6H2,1-3H3,(H,19,20,21,22,25). The zero-order valence-corrected chi connectivity index (χ0v) is 16.2. The molecule has 1 aliphatic rings. The summed E-state index contributed by atoms with van der Waals surface area (Å²) in [4.78, 5) is 20.0. The molecule has 0 aliphatic carbocycles. The van der Waals surface area contributed by atoms with Crippen molar-refractivity contribution in [1.29, 1.82) is 0 Å². The molecular formula is C15H19F3N6O3S. The summed E-state index contributed by atoms with van der Waals surface area (Å²) in [6.07, 6.45) is -4.29. The first kappa shape index (κ1) is 20.5. The summed E-state index contributed by atoms with van der Waals surface area (Å²) < 4.78 is 64.9. The minimum absolute atomic E-state index is 0.0211. The highest BCUT2D eigenvalue weighted by Gasteiger charge is 2.40. The quantitative estimate of drug-likeness (QED) is 0.802. The van der Waals surface area contributed by atoms with Gasteiger partial charge in [0.05, 0.1) is 5.75 Å². The van der Waals surface area contributed by atoms with Crippen molar-refractivity contribution >= 4 is 27.5 Å². The van der Waals surface area contributed by atoms with Gasteiger partial charge in [-0.3, -0.25) is 4.79 Å². The molecule has 1 saturated heterocycles. The molecule has 1 N–H and O–H groups in total. The Morgan fingerprint density at radius 1 is 1.29 bits per heavy atom. The second-order valence-electron chi connectivity index (χ2n) is 6.89. The van der Waals surface area contributed by atoms with E-state index >= 15 is 0 Å². The average Bonchev–Trinajstić information content (AvgIpc) is 3.11. The van der Waals surface area contributed by atoms with Crippen molar-refractivity contribution in [2.75, 3.05) is 17.6 Å². The molecule has 1 amide bonds. The van der Waals surface area contributed by atoms with Gasteiger partial charge in [-0.25, -0.2) is 12.9 Å². The van der Waals surface area contributed by atoms with Crippen molar-refractivity contribution in [2.45, 2.75) is 39.4 Å². The number of carbonyl (C=O) groups excluding carboxylic acids is 1. The van der Waals surface area contributed by atoms with E-state index in [2.05, 4.69) is 20.4 Å². The predicted molar refractivity (Wildman–Crippen MR) is 92.9 cm³/mol. The lowest BCUT2D eigenvalue weighted by Gasteiger charge is -2.28. The SMILES string of the molecule is Cc1cc(NC(=O)C(C(C)C)N2CCCS2(=O)=O)nc2nc(C(F)(F)F)nn12. The summed E-state index contributed by atoms with van der Waals surface area (Å²) in [6.45, 7) is 5.16. The second kappa shape index (κ2) is 6.95. The largest absolute Gasteiger partial charge is 0.453 e. The Bertz CT molecular complexity index is 1020. The topological polar surface area (TPSA) is 110 Å².